The third-order valence-corrected chi connectivity index (χ3v) is 1.89. The number of hydrogen-bond acceptors (Lipinski definition) is 2. The number of nitrogens with zero attached hydrogens (tertiary/aromatic N) is 1. The molecular formula is C9H18BINO2P. The number of halogens is 1. The fraction of sp³-hybridized carbons (Fsp3) is 0.778. The Morgan fingerprint density at radius 1 is 1.40 bits per heavy atom. The van der Waals surface area contributed by atoms with Crippen molar-refractivity contribution < 1.29 is 9.59 Å². The average Bonchev–Trinajstić information content (AvgIpc) is 2.43. The van der Waals surface area contributed by atoms with E-state index >= 15 is 0 Å². The van der Waals surface area contributed by atoms with E-state index in [1.54, 1.807) is 0 Å². The molecule has 1 saturated heterocycles. The van der Waals surface area contributed by atoms with Crippen molar-refractivity contribution >= 4 is 47.6 Å². The van der Waals surface area contributed by atoms with Crippen LogP contribution in [0.4, 0.5) is 0 Å². The molecule has 0 saturated carbocycles. The number of carbonyl (C=O) groups excluding carboxylic acids is 2. The summed E-state index contributed by atoms with van der Waals surface area (Å²) < 4.78 is 0.720. The van der Waals surface area contributed by atoms with Gasteiger partial charge in [-0.1, -0.05) is 20.2 Å². The Morgan fingerprint density at radius 3 is 2.13 bits per heavy atom. The van der Waals surface area contributed by atoms with Gasteiger partial charge in [0.15, 0.2) is 0 Å². The maximum Gasteiger partial charge on any atom is 0.236 e. The van der Waals surface area contributed by atoms with E-state index in [-0.39, 0.29) is 11.8 Å². The van der Waals surface area contributed by atoms with Gasteiger partial charge in [0, 0.05) is 19.4 Å². The van der Waals surface area contributed by atoms with Crippen LogP contribution in [0, 0.1) is 0 Å². The molecule has 0 aliphatic carbocycles. The van der Waals surface area contributed by atoms with E-state index in [4.69, 9.17) is 0 Å². The molecule has 1 fully saturated rings. The van der Waals surface area contributed by atoms with Gasteiger partial charge in [-0.25, -0.2) is 0 Å². The molecule has 0 N–H and O–H groups in total. The molecule has 15 heavy (non-hydrogen) atoms. The maximum absolute atomic E-state index is 11.0. The van der Waals surface area contributed by atoms with Crippen LogP contribution < -0.4 is 0 Å². The zero-order valence-electron chi connectivity index (χ0n) is 9.33. The van der Waals surface area contributed by atoms with Crippen LogP contribution in [0.2, 0.25) is 6.82 Å². The van der Waals surface area contributed by atoms with Crippen molar-refractivity contribution in [1.82, 2.24) is 4.90 Å². The molecule has 0 aromatic heterocycles. The summed E-state index contributed by atoms with van der Waals surface area (Å²) >= 11 is 2.31. The first-order valence-corrected chi connectivity index (χ1v) is 7.13. The number of likely N-dealkylation sites (tertiary alicyclic amines) is 1. The number of hydrogen-bond donors (Lipinski definition) is 0. The van der Waals surface area contributed by atoms with E-state index in [2.05, 4.69) is 38.3 Å². The van der Waals surface area contributed by atoms with E-state index in [1.807, 2.05) is 6.92 Å². The van der Waals surface area contributed by atoms with Crippen molar-refractivity contribution in [3.8, 4) is 0 Å². The van der Waals surface area contributed by atoms with E-state index in [0.29, 0.717) is 19.4 Å². The molecule has 0 aromatic carbocycles. The van der Waals surface area contributed by atoms with Crippen molar-refractivity contribution in [1.29, 1.82) is 0 Å². The lowest BCUT2D eigenvalue weighted by Gasteiger charge is -2.11. The zero-order valence-corrected chi connectivity index (χ0v) is 12.6. The standard InChI is InChI=1S/C8H13NO2.CH5BIP/c1-2-3-6-9-7(10)4-5-8(9)11;1-2(3)4/h2-6H2,1H3;4H2,1H3. The van der Waals surface area contributed by atoms with Crippen LogP contribution in [-0.2, 0) is 9.59 Å². The van der Waals surface area contributed by atoms with Crippen LogP contribution in [0.3, 0.4) is 0 Å². The summed E-state index contributed by atoms with van der Waals surface area (Å²) in [5.74, 6) is 0.00639. The summed E-state index contributed by atoms with van der Waals surface area (Å²) in [6.45, 7) is 4.78. The number of unbranched alkanes of at least 4 members (excludes halogenated alkanes) is 1. The van der Waals surface area contributed by atoms with Gasteiger partial charge in [0.05, 0.1) is 0 Å². The van der Waals surface area contributed by atoms with Gasteiger partial charge in [0.2, 0.25) is 16.1 Å². The van der Waals surface area contributed by atoms with Crippen molar-refractivity contribution in [2.75, 3.05) is 6.54 Å². The predicted octanol–water partition coefficient (Wildman–Crippen LogP) is 2.35. The summed E-state index contributed by atoms with van der Waals surface area (Å²) in [5.41, 5.74) is 0. The third-order valence-electron chi connectivity index (χ3n) is 1.89. The van der Waals surface area contributed by atoms with Crippen molar-refractivity contribution in [3.05, 3.63) is 0 Å². The predicted molar refractivity (Wildman–Crippen MR) is 76.2 cm³/mol. The van der Waals surface area contributed by atoms with Gasteiger partial charge in [-0.2, -0.15) is 9.12 Å². The Bertz CT molecular complexity index is 207. The summed E-state index contributed by atoms with van der Waals surface area (Å²) in [6, 6.07) is 0. The SMILES string of the molecule is CB(P)I.CCCCN1C(=O)CCC1=O. The number of amides is 2. The van der Waals surface area contributed by atoms with E-state index in [1.165, 1.54) is 4.90 Å². The molecular weight excluding hydrogens is 323 g/mol. The Labute approximate surface area is 108 Å². The normalized spacial score (nSPS) is 15.1. The van der Waals surface area contributed by atoms with E-state index < -0.39 is 0 Å². The zero-order chi connectivity index (χ0) is 11.8. The monoisotopic (exact) mass is 341 g/mol. The molecule has 3 nitrogen and oxygen atoms in total. The molecule has 1 atom stereocenters. The Morgan fingerprint density at radius 2 is 1.80 bits per heavy atom. The number of rotatable bonds is 3. The highest BCUT2D eigenvalue weighted by atomic mass is 127. The molecule has 0 bridgehead atoms. The van der Waals surface area contributed by atoms with Gasteiger partial charge < -0.3 is 0 Å². The van der Waals surface area contributed by atoms with Gasteiger partial charge in [0.25, 0.3) is 0 Å². The van der Waals surface area contributed by atoms with Gasteiger partial charge in [0.1, 0.15) is 0 Å². The van der Waals surface area contributed by atoms with Crippen LogP contribution in [0.5, 0.6) is 0 Å². The van der Waals surface area contributed by atoms with Crippen molar-refractivity contribution in [3.63, 3.8) is 0 Å². The molecule has 1 aliphatic heterocycles. The summed E-state index contributed by atoms with van der Waals surface area (Å²) in [5, 5.41) is 0. The molecule has 0 aromatic rings. The highest BCUT2D eigenvalue weighted by Crippen LogP contribution is 2.11. The highest BCUT2D eigenvalue weighted by Gasteiger charge is 2.27. The average molecular weight is 341 g/mol. The first kappa shape index (κ1) is 15.4. The minimum absolute atomic E-state index is 0.00319. The summed E-state index contributed by atoms with van der Waals surface area (Å²) in [4.78, 5) is 23.4. The lowest BCUT2D eigenvalue weighted by molar-refractivity contribution is -0.138. The first-order valence-electron chi connectivity index (χ1n) is 5.21. The Hall–Kier alpha value is 0.365. The minimum Gasteiger partial charge on any atom is -0.283 e. The maximum atomic E-state index is 11.0. The van der Waals surface area contributed by atoms with Gasteiger partial charge in [-0.05, 0) is 6.42 Å². The number of imide groups is 1. The van der Waals surface area contributed by atoms with E-state index in [0.717, 1.165) is 17.1 Å². The molecule has 0 radical (unpaired) electrons. The Balaban J connectivity index is 0.000000423. The van der Waals surface area contributed by atoms with Gasteiger partial charge in [-0.15, -0.1) is 22.4 Å². The second-order valence-corrected chi connectivity index (χ2v) is 7.79. The minimum atomic E-state index is 0.00319. The van der Waals surface area contributed by atoms with Gasteiger partial charge in [-0.3, -0.25) is 14.5 Å². The van der Waals surface area contributed by atoms with Crippen LogP contribution >= 0.6 is 31.5 Å². The molecule has 86 valence electrons. The quantitative estimate of drug-likeness (QED) is 0.342. The van der Waals surface area contributed by atoms with E-state index in [9.17, 15) is 9.59 Å². The van der Waals surface area contributed by atoms with Gasteiger partial charge >= 0.3 is 0 Å². The van der Waals surface area contributed by atoms with Crippen LogP contribution in [-0.4, -0.2) is 27.5 Å². The second kappa shape index (κ2) is 8.51. The summed E-state index contributed by atoms with van der Waals surface area (Å²) in [7, 11) is 2.64. The molecule has 1 rings (SSSR count). The molecule has 1 aliphatic rings. The topological polar surface area (TPSA) is 37.4 Å². The van der Waals surface area contributed by atoms with Crippen molar-refractivity contribution in [2.45, 2.75) is 39.4 Å². The lowest BCUT2D eigenvalue weighted by atomic mass is 10.2. The molecule has 0 spiro atoms. The first-order chi connectivity index (χ1) is 6.99. The fourth-order valence-corrected chi connectivity index (χ4v) is 1.19. The Kier molecular flexibility index (Phi) is 8.72. The highest BCUT2D eigenvalue weighted by molar-refractivity contribution is 14.1. The summed E-state index contributed by atoms with van der Waals surface area (Å²) in [6.07, 6.45) is 2.79. The van der Waals surface area contributed by atoms with Crippen molar-refractivity contribution in [2.24, 2.45) is 0 Å². The molecule has 1 heterocycles. The third kappa shape index (κ3) is 7.28. The smallest absolute Gasteiger partial charge is 0.236 e. The van der Waals surface area contributed by atoms with Crippen LogP contribution in [0.25, 0.3) is 0 Å². The lowest BCUT2D eigenvalue weighted by Crippen LogP contribution is -2.29. The molecule has 6 heteroatoms. The van der Waals surface area contributed by atoms with Crippen LogP contribution in [0.1, 0.15) is 32.6 Å². The number of carbonyl (C=O) groups is 2. The second-order valence-electron chi connectivity index (χ2n) is 3.47. The molecule has 1 unspecified atom stereocenters. The molecule has 2 amide bonds. The fourth-order valence-electron chi connectivity index (χ4n) is 1.19. The largest absolute Gasteiger partial charge is 0.283 e. The van der Waals surface area contributed by atoms with Crippen LogP contribution in [0.15, 0.2) is 0 Å².